The van der Waals surface area contributed by atoms with Crippen LogP contribution in [0.4, 0.5) is 0 Å². The first-order chi connectivity index (χ1) is 8.58. The number of hydrogen-bond donors (Lipinski definition) is 1. The van der Waals surface area contributed by atoms with Gasteiger partial charge in [-0.05, 0) is 38.8 Å². The van der Waals surface area contributed by atoms with Gasteiger partial charge in [-0.2, -0.15) is 0 Å². The molecule has 0 radical (unpaired) electrons. The number of methoxy groups -OCH3 is 1. The van der Waals surface area contributed by atoms with Crippen LogP contribution in [0.5, 0.6) is 11.5 Å². The van der Waals surface area contributed by atoms with E-state index in [-0.39, 0.29) is 0 Å². The van der Waals surface area contributed by atoms with Gasteiger partial charge in [0.25, 0.3) is 0 Å². The lowest BCUT2D eigenvalue weighted by molar-refractivity contribution is 0.250. The van der Waals surface area contributed by atoms with Gasteiger partial charge in [0.1, 0.15) is 6.61 Å². The van der Waals surface area contributed by atoms with E-state index in [2.05, 4.69) is 10.2 Å². The van der Waals surface area contributed by atoms with Gasteiger partial charge in [-0.3, -0.25) is 0 Å². The lowest BCUT2D eigenvalue weighted by atomic mass is 10.2. The minimum Gasteiger partial charge on any atom is -0.493 e. The van der Waals surface area contributed by atoms with Crippen LogP contribution >= 0.6 is 11.6 Å². The summed E-state index contributed by atoms with van der Waals surface area (Å²) in [6.45, 7) is 2.15. The summed E-state index contributed by atoms with van der Waals surface area (Å²) >= 11 is 6.22. The number of nitrogens with one attached hydrogen (secondary N) is 1. The molecular weight excluding hydrogens is 252 g/mol. The number of rotatable bonds is 7. The Hall–Kier alpha value is -0.970. The van der Waals surface area contributed by atoms with Crippen molar-refractivity contribution in [3.05, 3.63) is 22.7 Å². The molecule has 4 nitrogen and oxygen atoms in total. The Morgan fingerprint density at radius 2 is 2.06 bits per heavy atom. The van der Waals surface area contributed by atoms with Crippen molar-refractivity contribution < 1.29 is 9.47 Å². The van der Waals surface area contributed by atoms with E-state index >= 15 is 0 Å². The fourth-order valence-electron chi connectivity index (χ4n) is 1.55. The molecule has 0 aliphatic carbocycles. The van der Waals surface area contributed by atoms with E-state index in [0.717, 1.165) is 18.7 Å². The Morgan fingerprint density at radius 3 is 2.61 bits per heavy atom. The molecule has 0 aliphatic rings. The smallest absolute Gasteiger partial charge is 0.179 e. The molecule has 0 fully saturated rings. The summed E-state index contributed by atoms with van der Waals surface area (Å²) in [6.07, 6.45) is 0. The van der Waals surface area contributed by atoms with Crippen molar-refractivity contribution in [3.8, 4) is 11.5 Å². The Bertz CT molecular complexity index is 383. The number of benzene rings is 1. The van der Waals surface area contributed by atoms with Crippen molar-refractivity contribution in [2.45, 2.75) is 6.54 Å². The minimum atomic E-state index is 0.578. The molecule has 1 aromatic carbocycles. The van der Waals surface area contributed by atoms with Crippen molar-refractivity contribution in [1.29, 1.82) is 0 Å². The lowest BCUT2D eigenvalue weighted by Crippen LogP contribution is -2.19. The third-order valence-electron chi connectivity index (χ3n) is 2.46. The SMILES string of the molecule is CNCc1cc(Cl)c(OCCN(C)C)c(OC)c1. The highest BCUT2D eigenvalue weighted by Gasteiger charge is 2.11. The molecule has 1 N–H and O–H groups in total. The number of likely N-dealkylation sites (N-methyl/N-ethyl adjacent to an activating group) is 1. The largest absolute Gasteiger partial charge is 0.493 e. The first kappa shape index (κ1) is 15.1. The topological polar surface area (TPSA) is 33.7 Å². The molecular formula is C13H21ClN2O2. The number of hydrogen-bond acceptors (Lipinski definition) is 4. The van der Waals surface area contributed by atoms with Crippen LogP contribution < -0.4 is 14.8 Å². The molecule has 0 heterocycles. The highest BCUT2D eigenvalue weighted by molar-refractivity contribution is 6.32. The van der Waals surface area contributed by atoms with Crippen molar-refractivity contribution >= 4 is 11.6 Å². The van der Waals surface area contributed by atoms with E-state index in [1.165, 1.54) is 0 Å². The van der Waals surface area contributed by atoms with Gasteiger partial charge in [0, 0.05) is 13.1 Å². The molecule has 0 unspecified atom stereocenters. The number of ether oxygens (including phenoxy) is 2. The van der Waals surface area contributed by atoms with Gasteiger partial charge in [-0.25, -0.2) is 0 Å². The van der Waals surface area contributed by atoms with Crippen LogP contribution in [0.1, 0.15) is 5.56 Å². The minimum absolute atomic E-state index is 0.578. The molecule has 0 saturated heterocycles. The second-order valence-electron chi connectivity index (χ2n) is 4.29. The lowest BCUT2D eigenvalue weighted by Gasteiger charge is -2.15. The maximum absolute atomic E-state index is 6.22. The summed E-state index contributed by atoms with van der Waals surface area (Å²) in [5.74, 6) is 1.28. The average Bonchev–Trinajstić information content (AvgIpc) is 2.31. The van der Waals surface area contributed by atoms with Gasteiger partial charge < -0.3 is 19.7 Å². The average molecular weight is 273 g/mol. The summed E-state index contributed by atoms with van der Waals surface area (Å²) in [5.41, 5.74) is 1.07. The number of halogens is 1. The predicted molar refractivity (Wildman–Crippen MR) is 74.8 cm³/mol. The van der Waals surface area contributed by atoms with Crippen LogP contribution in [-0.2, 0) is 6.54 Å². The van der Waals surface area contributed by atoms with Crippen molar-refractivity contribution in [1.82, 2.24) is 10.2 Å². The van der Waals surface area contributed by atoms with E-state index < -0.39 is 0 Å². The second kappa shape index (κ2) is 7.46. The first-order valence-electron chi connectivity index (χ1n) is 5.87. The van der Waals surface area contributed by atoms with E-state index in [0.29, 0.717) is 23.1 Å². The Balaban J connectivity index is 2.82. The predicted octanol–water partition coefficient (Wildman–Crippen LogP) is 2.01. The summed E-state index contributed by atoms with van der Waals surface area (Å²) < 4.78 is 11.0. The summed E-state index contributed by atoms with van der Waals surface area (Å²) in [7, 11) is 7.51. The van der Waals surface area contributed by atoms with Crippen LogP contribution in [0.3, 0.4) is 0 Å². The quantitative estimate of drug-likeness (QED) is 0.823. The Kier molecular flexibility index (Phi) is 6.25. The third-order valence-corrected chi connectivity index (χ3v) is 2.74. The molecule has 0 saturated carbocycles. The summed E-state index contributed by atoms with van der Waals surface area (Å²) in [5, 5.41) is 3.66. The molecule has 0 amide bonds. The molecule has 0 aromatic heterocycles. The highest BCUT2D eigenvalue weighted by Crippen LogP contribution is 2.36. The zero-order chi connectivity index (χ0) is 13.5. The highest BCUT2D eigenvalue weighted by atomic mass is 35.5. The molecule has 1 rings (SSSR count). The van der Waals surface area contributed by atoms with Gasteiger partial charge in [0.2, 0.25) is 0 Å². The van der Waals surface area contributed by atoms with Gasteiger partial charge >= 0.3 is 0 Å². The molecule has 5 heteroatoms. The van der Waals surface area contributed by atoms with Crippen LogP contribution in [0, 0.1) is 0 Å². The van der Waals surface area contributed by atoms with Crippen LogP contribution in [0.2, 0.25) is 5.02 Å². The van der Waals surface area contributed by atoms with Crippen LogP contribution in [0.15, 0.2) is 12.1 Å². The maximum atomic E-state index is 6.22. The molecule has 0 bridgehead atoms. The zero-order valence-electron chi connectivity index (χ0n) is 11.4. The van der Waals surface area contributed by atoms with E-state index in [1.807, 2.05) is 33.3 Å². The monoisotopic (exact) mass is 272 g/mol. The summed E-state index contributed by atoms with van der Waals surface area (Å²) in [6, 6.07) is 3.83. The second-order valence-corrected chi connectivity index (χ2v) is 4.70. The fraction of sp³-hybridized carbons (Fsp3) is 0.538. The molecule has 0 atom stereocenters. The fourth-order valence-corrected chi connectivity index (χ4v) is 1.84. The van der Waals surface area contributed by atoms with Crippen molar-refractivity contribution in [3.63, 3.8) is 0 Å². The molecule has 0 spiro atoms. The maximum Gasteiger partial charge on any atom is 0.179 e. The standard InChI is InChI=1S/C13H21ClN2O2/c1-15-9-10-7-11(14)13(12(8-10)17-4)18-6-5-16(2)3/h7-8,15H,5-6,9H2,1-4H3. The first-order valence-corrected chi connectivity index (χ1v) is 6.24. The van der Waals surface area contributed by atoms with Gasteiger partial charge in [0.15, 0.2) is 11.5 Å². The normalized spacial score (nSPS) is 10.8. The van der Waals surface area contributed by atoms with Gasteiger partial charge in [0.05, 0.1) is 12.1 Å². The van der Waals surface area contributed by atoms with Crippen molar-refractivity contribution in [2.24, 2.45) is 0 Å². The molecule has 18 heavy (non-hydrogen) atoms. The van der Waals surface area contributed by atoms with E-state index in [1.54, 1.807) is 7.11 Å². The van der Waals surface area contributed by atoms with Crippen molar-refractivity contribution in [2.75, 3.05) is 41.4 Å². The van der Waals surface area contributed by atoms with E-state index in [4.69, 9.17) is 21.1 Å². The van der Waals surface area contributed by atoms with Crippen LogP contribution in [0.25, 0.3) is 0 Å². The van der Waals surface area contributed by atoms with Crippen LogP contribution in [-0.4, -0.2) is 46.3 Å². The third kappa shape index (κ3) is 4.37. The molecule has 0 aliphatic heterocycles. The molecule has 102 valence electrons. The number of nitrogens with zero attached hydrogens (tertiary/aromatic N) is 1. The zero-order valence-corrected chi connectivity index (χ0v) is 12.2. The van der Waals surface area contributed by atoms with Gasteiger partial charge in [-0.15, -0.1) is 0 Å². The Labute approximate surface area is 114 Å². The molecule has 1 aromatic rings. The van der Waals surface area contributed by atoms with Gasteiger partial charge in [-0.1, -0.05) is 11.6 Å². The Morgan fingerprint density at radius 1 is 1.33 bits per heavy atom. The summed E-state index contributed by atoms with van der Waals surface area (Å²) in [4.78, 5) is 2.05. The van der Waals surface area contributed by atoms with E-state index in [9.17, 15) is 0 Å².